The van der Waals surface area contributed by atoms with E-state index in [1.807, 2.05) is 7.05 Å². The summed E-state index contributed by atoms with van der Waals surface area (Å²) >= 11 is 0. The molecule has 0 saturated carbocycles. The first-order valence-corrected chi connectivity index (χ1v) is 7.83. The maximum absolute atomic E-state index is 11.8. The van der Waals surface area contributed by atoms with Crippen LogP contribution in [-0.4, -0.2) is 48.4 Å². The number of likely N-dealkylation sites (N-methyl/N-ethyl adjacent to an activating group) is 1. The maximum Gasteiger partial charge on any atom is 0.238 e. The highest BCUT2D eigenvalue weighted by Crippen LogP contribution is 2.20. The summed E-state index contributed by atoms with van der Waals surface area (Å²) in [5, 5.41) is 0. The van der Waals surface area contributed by atoms with Gasteiger partial charge in [0.15, 0.2) is 0 Å². The van der Waals surface area contributed by atoms with E-state index in [4.69, 9.17) is 5.73 Å². The van der Waals surface area contributed by atoms with E-state index in [-0.39, 0.29) is 5.91 Å². The molecule has 0 spiro atoms. The van der Waals surface area contributed by atoms with Crippen LogP contribution in [0.15, 0.2) is 30.3 Å². The Morgan fingerprint density at radius 3 is 2.52 bits per heavy atom. The fourth-order valence-corrected chi connectivity index (χ4v) is 2.99. The van der Waals surface area contributed by atoms with Gasteiger partial charge in [0.25, 0.3) is 0 Å². The Bertz CT molecular complexity index is 439. The zero-order valence-corrected chi connectivity index (χ0v) is 13.2. The Kier molecular flexibility index (Phi) is 5.76. The molecule has 2 rings (SSSR count). The number of hydrogen-bond acceptors (Lipinski definition) is 3. The standard InChI is InChI=1S/C17H27N3O/c1-14(18)17(21)19(2)12-16-8-10-20(11-9-16)13-15-6-4-3-5-7-15/h3-7,14,16H,8-13,18H2,1-2H3/t14-/m0/s1. The highest BCUT2D eigenvalue weighted by Gasteiger charge is 2.23. The van der Waals surface area contributed by atoms with E-state index in [0.29, 0.717) is 5.92 Å². The molecule has 1 heterocycles. The Hall–Kier alpha value is -1.39. The van der Waals surface area contributed by atoms with E-state index in [9.17, 15) is 4.79 Å². The number of hydrogen-bond donors (Lipinski definition) is 1. The first-order valence-electron chi connectivity index (χ1n) is 7.83. The van der Waals surface area contributed by atoms with Crippen molar-refractivity contribution in [1.29, 1.82) is 0 Å². The summed E-state index contributed by atoms with van der Waals surface area (Å²) in [5.41, 5.74) is 7.03. The van der Waals surface area contributed by atoms with Gasteiger partial charge >= 0.3 is 0 Å². The van der Waals surface area contributed by atoms with Gasteiger partial charge in [-0.25, -0.2) is 0 Å². The van der Waals surface area contributed by atoms with Crippen molar-refractivity contribution >= 4 is 5.91 Å². The van der Waals surface area contributed by atoms with Gasteiger partial charge in [-0.15, -0.1) is 0 Å². The highest BCUT2D eigenvalue weighted by atomic mass is 16.2. The van der Waals surface area contributed by atoms with Gasteiger partial charge in [0.1, 0.15) is 0 Å². The van der Waals surface area contributed by atoms with Crippen molar-refractivity contribution in [2.45, 2.75) is 32.4 Å². The molecule has 1 aromatic rings. The van der Waals surface area contributed by atoms with Gasteiger partial charge in [-0.3, -0.25) is 9.69 Å². The molecule has 116 valence electrons. The van der Waals surface area contributed by atoms with Gasteiger partial charge in [0.2, 0.25) is 5.91 Å². The molecule has 0 unspecified atom stereocenters. The zero-order chi connectivity index (χ0) is 15.2. The molecule has 0 aromatic heterocycles. The molecule has 0 radical (unpaired) electrons. The number of piperidine rings is 1. The number of carbonyl (C=O) groups excluding carboxylic acids is 1. The van der Waals surface area contributed by atoms with Crippen LogP contribution in [0.2, 0.25) is 0 Å². The van der Waals surface area contributed by atoms with E-state index in [1.165, 1.54) is 5.56 Å². The topological polar surface area (TPSA) is 49.6 Å². The molecule has 1 aromatic carbocycles. The molecule has 1 saturated heterocycles. The van der Waals surface area contributed by atoms with Gasteiger partial charge in [-0.1, -0.05) is 30.3 Å². The van der Waals surface area contributed by atoms with E-state index >= 15 is 0 Å². The Morgan fingerprint density at radius 1 is 1.33 bits per heavy atom. The molecule has 1 fully saturated rings. The second-order valence-electron chi connectivity index (χ2n) is 6.21. The van der Waals surface area contributed by atoms with E-state index in [2.05, 4.69) is 35.2 Å². The molecule has 0 aliphatic carbocycles. The molecule has 1 aliphatic heterocycles. The van der Waals surface area contributed by atoms with Gasteiger partial charge < -0.3 is 10.6 Å². The summed E-state index contributed by atoms with van der Waals surface area (Å²) < 4.78 is 0. The summed E-state index contributed by atoms with van der Waals surface area (Å²) in [7, 11) is 1.86. The van der Waals surface area contributed by atoms with Gasteiger partial charge in [-0.2, -0.15) is 0 Å². The molecule has 2 N–H and O–H groups in total. The predicted molar refractivity (Wildman–Crippen MR) is 85.7 cm³/mol. The van der Waals surface area contributed by atoms with E-state index in [0.717, 1.165) is 39.0 Å². The molecule has 0 bridgehead atoms. The van der Waals surface area contributed by atoms with Crippen molar-refractivity contribution in [3.05, 3.63) is 35.9 Å². The number of benzene rings is 1. The normalized spacial score (nSPS) is 18.4. The van der Waals surface area contributed by atoms with Gasteiger partial charge in [0.05, 0.1) is 6.04 Å². The van der Waals surface area contributed by atoms with Crippen LogP contribution in [0, 0.1) is 5.92 Å². The van der Waals surface area contributed by atoms with Crippen molar-refractivity contribution < 1.29 is 4.79 Å². The summed E-state index contributed by atoms with van der Waals surface area (Å²) in [5.74, 6) is 0.645. The predicted octanol–water partition coefficient (Wildman–Crippen LogP) is 1.70. The number of likely N-dealkylation sites (tertiary alicyclic amines) is 1. The van der Waals surface area contributed by atoms with Crippen LogP contribution in [0.5, 0.6) is 0 Å². The van der Waals surface area contributed by atoms with Crippen molar-refractivity contribution in [2.24, 2.45) is 11.7 Å². The molecule has 1 aliphatic rings. The minimum absolute atomic E-state index is 0.0433. The van der Waals surface area contributed by atoms with Crippen LogP contribution in [0.25, 0.3) is 0 Å². The second kappa shape index (κ2) is 7.57. The number of amides is 1. The maximum atomic E-state index is 11.8. The Balaban J connectivity index is 1.74. The Morgan fingerprint density at radius 2 is 1.95 bits per heavy atom. The van der Waals surface area contributed by atoms with Gasteiger partial charge in [-0.05, 0) is 44.3 Å². The quantitative estimate of drug-likeness (QED) is 0.897. The van der Waals surface area contributed by atoms with Crippen molar-refractivity contribution in [3.63, 3.8) is 0 Å². The average molecular weight is 289 g/mol. The van der Waals surface area contributed by atoms with E-state index in [1.54, 1.807) is 11.8 Å². The SMILES string of the molecule is C[C@H](N)C(=O)N(C)CC1CCN(Cc2ccccc2)CC1. The molecular formula is C17H27N3O. The third-order valence-corrected chi connectivity index (χ3v) is 4.25. The smallest absolute Gasteiger partial charge is 0.238 e. The molecule has 1 atom stereocenters. The number of nitrogens with two attached hydrogens (primary N) is 1. The number of carbonyl (C=O) groups is 1. The summed E-state index contributed by atoms with van der Waals surface area (Å²) in [4.78, 5) is 16.1. The molecule has 1 amide bonds. The lowest BCUT2D eigenvalue weighted by atomic mass is 9.95. The highest BCUT2D eigenvalue weighted by molar-refractivity contribution is 5.80. The number of nitrogens with zero attached hydrogens (tertiary/aromatic N) is 2. The van der Waals surface area contributed by atoms with Crippen LogP contribution in [-0.2, 0) is 11.3 Å². The van der Waals surface area contributed by atoms with Crippen molar-refractivity contribution in [3.8, 4) is 0 Å². The lowest BCUT2D eigenvalue weighted by molar-refractivity contribution is -0.131. The number of rotatable bonds is 5. The summed E-state index contributed by atoms with van der Waals surface area (Å²) in [6.45, 7) is 5.84. The minimum atomic E-state index is -0.395. The third-order valence-electron chi connectivity index (χ3n) is 4.25. The van der Waals surface area contributed by atoms with Crippen LogP contribution >= 0.6 is 0 Å². The molecule has 21 heavy (non-hydrogen) atoms. The minimum Gasteiger partial charge on any atom is -0.344 e. The first-order chi connectivity index (χ1) is 10.1. The summed E-state index contributed by atoms with van der Waals surface area (Å²) in [6, 6.07) is 10.2. The molecular weight excluding hydrogens is 262 g/mol. The lowest BCUT2D eigenvalue weighted by Crippen LogP contribution is -2.44. The van der Waals surface area contributed by atoms with Gasteiger partial charge in [0, 0.05) is 20.1 Å². The van der Waals surface area contributed by atoms with Crippen LogP contribution in [0.4, 0.5) is 0 Å². The summed E-state index contributed by atoms with van der Waals surface area (Å²) in [6.07, 6.45) is 2.31. The fraction of sp³-hybridized carbons (Fsp3) is 0.588. The van der Waals surface area contributed by atoms with Crippen LogP contribution < -0.4 is 5.73 Å². The van der Waals surface area contributed by atoms with Crippen LogP contribution in [0.1, 0.15) is 25.3 Å². The third kappa shape index (κ3) is 4.83. The zero-order valence-electron chi connectivity index (χ0n) is 13.2. The first kappa shape index (κ1) is 16.0. The van der Waals surface area contributed by atoms with E-state index < -0.39 is 6.04 Å². The monoisotopic (exact) mass is 289 g/mol. The molecule has 4 nitrogen and oxygen atoms in total. The lowest BCUT2D eigenvalue weighted by Gasteiger charge is -2.34. The van der Waals surface area contributed by atoms with Crippen LogP contribution in [0.3, 0.4) is 0 Å². The van der Waals surface area contributed by atoms with Crippen molar-refractivity contribution in [2.75, 3.05) is 26.7 Å². The fourth-order valence-electron chi connectivity index (χ4n) is 2.99. The second-order valence-corrected chi connectivity index (χ2v) is 6.21. The Labute approximate surface area is 127 Å². The largest absolute Gasteiger partial charge is 0.344 e. The van der Waals surface area contributed by atoms with Crippen molar-refractivity contribution in [1.82, 2.24) is 9.80 Å². The average Bonchev–Trinajstić information content (AvgIpc) is 2.49. The molecule has 4 heteroatoms.